The van der Waals surface area contributed by atoms with Crippen LogP contribution in [0.25, 0.3) is 0 Å². The van der Waals surface area contributed by atoms with E-state index < -0.39 is 0 Å². The summed E-state index contributed by atoms with van der Waals surface area (Å²) in [6.07, 6.45) is 3.43. The highest BCUT2D eigenvalue weighted by Crippen LogP contribution is 2.50. The van der Waals surface area contributed by atoms with Gasteiger partial charge in [0, 0.05) is 6.04 Å². The summed E-state index contributed by atoms with van der Waals surface area (Å²) >= 11 is 0. The van der Waals surface area contributed by atoms with Crippen LogP contribution in [0.4, 0.5) is 0 Å². The Morgan fingerprint density at radius 1 is 1.47 bits per heavy atom. The van der Waals surface area contributed by atoms with E-state index in [1.165, 1.54) is 0 Å². The molecule has 3 nitrogen and oxygen atoms in total. The van der Waals surface area contributed by atoms with E-state index in [9.17, 15) is 4.79 Å². The molecular weight excluding hydrogens is 212 g/mol. The molecule has 3 unspecified atom stereocenters. The molecule has 1 saturated carbocycles. The number of amides is 1. The molecule has 2 aliphatic rings. The third kappa shape index (κ3) is 2.22. The summed E-state index contributed by atoms with van der Waals surface area (Å²) < 4.78 is 0. The van der Waals surface area contributed by atoms with Gasteiger partial charge in [-0.25, -0.2) is 0 Å². The molecule has 2 rings (SSSR count). The Labute approximate surface area is 105 Å². The number of carbonyl (C=O) groups excluding carboxylic acids is 1. The zero-order chi connectivity index (χ0) is 12.8. The van der Waals surface area contributed by atoms with Gasteiger partial charge in [-0.1, -0.05) is 41.0 Å². The summed E-state index contributed by atoms with van der Waals surface area (Å²) in [7, 11) is 0. The normalized spacial score (nSPS) is 35.8. The number of nitrogens with zero attached hydrogens (tertiary/aromatic N) is 1. The molecule has 1 amide bonds. The van der Waals surface area contributed by atoms with E-state index in [0.29, 0.717) is 23.3 Å². The monoisotopic (exact) mass is 238 g/mol. The van der Waals surface area contributed by atoms with Gasteiger partial charge >= 0.3 is 0 Å². The number of rotatable bonds is 4. The molecule has 17 heavy (non-hydrogen) atoms. The summed E-state index contributed by atoms with van der Waals surface area (Å²) in [4.78, 5) is 14.6. The molecule has 3 heteroatoms. The van der Waals surface area contributed by atoms with Crippen molar-refractivity contribution in [2.75, 3.05) is 0 Å². The molecule has 1 aliphatic carbocycles. The van der Waals surface area contributed by atoms with E-state index in [4.69, 9.17) is 0 Å². The van der Waals surface area contributed by atoms with E-state index >= 15 is 0 Å². The van der Waals surface area contributed by atoms with Crippen molar-refractivity contribution in [3.05, 3.63) is 0 Å². The van der Waals surface area contributed by atoms with E-state index in [1.54, 1.807) is 0 Å². The molecule has 1 saturated heterocycles. The maximum absolute atomic E-state index is 12.4. The zero-order valence-electron chi connectivity index (χ0n) is 11.8. The minimum Gasteiger partial charge on any atom is -0.322 e. The van der Waals surface area contributed by atoms with Crippen molar-refractivity contribution in [1.82, 2.24) is 10.2 Å². The van der Waals surface area contributed by atoms with Gasteiger partial charge in [0.05, 0.1) is 12.2 Å². The Bertz CT molecular complexity index is 311. The number of hydrogen-bond donors (Lipinski definition) is 1. The van der Waals surface area contributed by atoms with E-state index in [0.717, 1.165) is 19.3 Å². The second kappa shape index (κ2) is 4.27. The summed E-state index contributed by atoms with van der Waals surface area (Å²) in [6, 6.07) is 0.514. The molecule has 2 fully saturated rings. The standard InChI is InChI=1S/C14H26N2O/c1-6-7-10-13(17)16(11-8-14(11,4)5)12(15-10)9(2)3/h9-12,15H,6-8H2,1-5H3. The van der Waals surface area contributed by atoms with Crippen molar-refractivity contribution in [3.8, 4) is 0 Å². The van der Waals surface area contributed by atoms with Crippen LogP contribution in [-0.2, 0) is 4.79 Å². The first-order valence-electron chi connectivity index (χ1n) is 6.96. The van der Waals surface area contributed by atoms with Crippen LogP contribution in [0.2, 0.25) is 0 Å². The van der Waals surface area contributed by atoms with Crippen molar-refractivity contribution in [1.29, 1.82) is 0 Å². The molecule has 0 radical (unpaired) electrons. The maximum Gasteiger partial charge on any atom is 0.241 e. The minimum atomic E-state index is 0.0591. The third-order valence-electron chi connectivity index (χ3n) is 4.23. The quantitative estimate of drug-likeness (QED) is 0.815. The average molecular weight is 238 g/mol. The van der Waals surface area contributed by atoms with E-state index in [-0.39, 0.29) is 12.2 Å². The number of carbonyl (C=O) groups is 1. The lowest BCUT2D eigenvalue weighted by molar-refractivity contribution is -0.131. The van der Waals surface area contributed by atoms with Gasteiger partial charge in [-0.15, -0.1) is 0 Å². The lowest BCUT2D eigenvalue weighted by Crippen LogP contribution is -2.44. The fraction of sp³-hybridized carbons (Fsp3) is 0.929. The van der Waals surface area contributed by atoms with Crippen molar-refractivity contribution in [2.45, 2.75) is 72.1 Å². The summed E-state index contributed by atoms with van der Waals surface area (Å²) in [6.45, 7) is 11.1. The van der Waals surface area contributed by atoms with Gasteiger partial charge in [0.25, 0.3) is 0 Å². The predicted octanol–water partition coefficient (Wildman–Crippen LogP) is 2.37. The first kappa shape index (κ1) is 12.9. The van der Waals surface area contributed by atoms with Crippen LogP contribution in [0.5, 0.6) is 0 Å². The Morgan fingerprint density at radius 3 is 2.47 bits per heavy atom. The first-order valence-corrected chi connectivity index (χ1v) is 6.96. The summed E-state index contributed by atoms with van der Waals surface area (Å²) in [5, 5.41) is 3.53. The molecular formula is C14H26N2O. The lowest BCUT2D eigenvalue weighted by atomic mass is 10.1. The van der Waals surface area contributed by atoms with Gasteiger partial charge < -0.3 is 4.90 Å². The van der Waals surface area contributed by atoms with Gasteiger partial charge in [0.2, 0.25) is 5.91 Å². The van der Waals surface area contributed by atoms with Gasteiger partial charge in [-0.3, -0.25) is 10.1 Å². The van der Waals surface area contributed by atoms with Gasteiger partial charge in [-0.05, 0) is 24.2 Å². The Kier molecular flexibility index (Phi) is 3.23. The van der Waals surface area contributed by atoms with Crippen molar-refractivity contribution >= 4 is 5.91 Å². The number of hydrogen-bond acceptors (Lipinski definition) is 2. The van der Waals surface area contributed by atoms with E-state index in [1.807, 2.05) is 0 Å². The van der Waals surface area contributed by atoms with Gasteiger partial charge in [0.1, 0.15) is 0 Å². The Morgan fingerprint density at radius 2 is 2.06 bits per heavy atom. The molecule has 0 bridgehead atoms. The minimum absolute atomic E-state index is 0.0591. The second-order valence-corrected chi connectivity index (χ2v) is 6.65. The highest BCUT2D eigenvalue weighted by atomic mass is 16.2. The highest BCUT2D eigenvalue weighted by Gasteiger charge is 2.56. The molecule has 1 heterocycles. The zero-order valence-corrected chi connectivity index (χ0v) is 11.8. The molecule has 0 aromatic rings. The van der Waals surface area contributed by atoms with Gasteiger partial charge in [-0.2, -0.15) is 0 Å². The molecule has 3 atom stereocenters. The van der Waals surface area contributed by atoms with Crippen LogP contribution in [0.15, 0.2) is 0 Å². The second-order valence-electron chi connectivity index (χ2n) is 6.65. The Hall–Kier alpha value is -0.570. The lowest BCUT2D eigenvalue weighted by Gasteiger charge is -2.28. The molecule has 0 aromatic carbocycles. The van der Waals surface area contributed by atoms with Crippen molar-refractivity contribution in [3.63, 3.8) is 0 Å². The van der Waals surface area contributed by atoms with Crippen LogP contribution < -0.4 is 5.32 Å². The topological polar surface area (TPSA) is 32.3 Å². The molecule has 0 spiro atoms. The molecule has 0 aromatic heterocycles. The number of nitrogens with one attached hydrogen (secondary N) is 1. The Balaban J connectivity index is 2.13. The average Bonchev–Trinajstić information content (AvgIpc) is 2.70. The van der Waals surface area contributed by atoms with Crippen LogP contribution in [0.1, 0.15) is 53.9 Å². The molecule has 1 N–H and O–H groups in total. The molecule has 98 valence electrons. The van der Waals surface area contributed by atoms with Crippen molar-refractivity contribution < 1.29 is 4.79 Å². The summed E-state index contributed by atoms with van der Waals surface area (Å²) in [5.41, 5.74) is 0.325. The SMILES string of the molecule is CCCC1NC(C(C)C)N(C2CC2(C)C)C1=O. The first-order chi connectivity index (χ1) is 7.88. The third-order valence-corrected chi connectivity index (χ3v) is 4.23. The highest BCUT2D eigenvalue weighted by molar-refractivity contribution is 5.85. The van der Waals surface area contributed by atoms with E-state index in [2.05, 4.69) is 44.8 Å². The van der Waals surface area contributed by atoms with Crippen molar-refractivity contribution in [2.24, 2.45) is 11.3 Å². The smallest absolute Gasteiger partial charge is 0.241 e. The molecule has 1 aliphatic heterocycles. The summed E-state index contributed by atoms with van der Waals surface area (Å²) in [5.74, 6) is 0.818. The maximum atomic E-state index is 12.4. The van der Waals surface area contributed by atoms with Crippen LogP contribution in [0.3, 0.4) is 0 Å². The van der Waals surface area contributed by atoms with Crippen LogP contribution >= 0.6 is 0 Å². The fourth-order valence-electron chi connectivity index (χ4n) is 2.95. The predicted molar refractivity (Wildman–Crippen MR) is 69.5 cm³/mol. The fourth-order valence-corrected chi connectivity index (χ4v) is 2.95. The largest absolute Gasteiger partial charge is 0.322 e. The van der Waals surface area contributed by atoms with Crippen LogP contribution in [0, 0.1) is 11.3 Å². The van der Waals surface area contributed by atoms with Crippen LogP contribution in [-0.4, -0.2) is 29.1 Å². The van der Waals surface area contributed by atoms with Gasteiger partial charge in [0.15, 0.2) is 0 Å².